The van der Waals surface area contributed by atoms with Gasteiger partial charge in [-0.25, -0.2) is 0 Å². The number of halogens is 3. The normalized spacial score (nSPS) is 11.7. The Morgan fingerprint density at radius 2 is 1.93 bits per heavy atom. The van der Waals surface area contributed by atoms with Crippen molar-refractivity contribution in [3.63, 3.8) is 0 Å². The average molecular weight is 207 g/mol. The first-order chi connectivity index (χ1) is 6.49. The second kappa shape index (κ2) is 6.72. The Labute approximate surface area is 83.3 Å². The molecular weight excluding hydrogens is 191 g/mol. The molecule has 0 aliphatic carbocycles. The monoisotopic (exact) mass is 207 g/mol. The molecule has 0 N–H and O–H groups in total. The molecule has 0 rings (SSSR count). The van der Waals surface area contributed by atoms with E-state index in [9.17, 15) is 13.2 Å². The molecule has 0 spiro atoms. The van der Waals surface area contributed by atoms with Gasteiger partial charge in [-0.15, -0.1) is 12.3 Å². The Morgan fingerprint density at radius 3 is 2.36 bits per heavy atom. The van der Waals surface area contributed by atoms with Crippen LogP contribution < -0.4 is 0 Å². The van der Waals surface area contributed by atoms with Gasteiger partial charge in [-0.05, 0) is 25.9 Å². The standard InChI is InChI=1S/C10H16F3N/c1-3-5-6-8-14(7-4-2)9-10(11,12)13/h1H,4-9H2,2H3. The zero-order valence-corrected chi connectivity index (χ0v) is 8.40. The number of hydrogen-bond donors (Lipinski definition) is 0. The van der Waals surface area contributed by atoms with Crippen LogP contribution in [0.5, 0.6) is 0 Å². The van der Waals surface area contributed by atoms with E-state index < -0.39 is 12.7 Å². The van der Waals surface area contributed by atoms with Crippen molar-refractivity contribution in [2.45, 2.75) is 32.4 Å². The van der Waals surface area contributed by atoms with Gasteiger partial charge in [-0.1, -0.05) is 6.92 Å². The highest BCUT2D eigenvalue weighted by atomic mass is 19.4. The quantitative estimate of drug-likeness (QED) is 0.478. The molecule has 0 saturated heterocycles. The van der Waals surface area contributed by atoms with E-state index in [0.29, 0.717) is 25.9 Å². The molecule has 0 unspecified atom stereocenters. The van der Waals surface area contributed by atoms with Crippen LogP contribution in [-0.2, 0) is 0 Å². The highest BCUT2D eigenvalue weighted by Gasteiger charge is 2.29. The van der Waals surface area contributed by atoms with Crippen LogP contribution >= 0.6 is 0 Å². The Kier molecular flexibility index (Phi) is 6.39. The summed E-state index contributed by atoms with van der Waals surface area (Å²) in [6.07, 6.45) is 2.82. The zero-order chi connectivity index (χ0) is 11.0. The van der Waals surface area contributed by atoms with E-state index in [2.05, 4.69) is 5.92 Å². The third-order valence-electron chi connectivity index (χ3n) is 1.74. The van der Waals surface area contributed by atoms with Crippen LogP contribution in [0.15, 0.2) is 0 Å². The largest absolute Gasteiger partial charge is 0.401 e. The minimum Gasteiger partial charge on any atom is -0.295 e. The van der Waals surface area contributed by atoms with Crippen molar-refractivity contribution in [2.24, 2.45) is 0 Å². The summed E-state index contributed by atoms with van der Waals surface area (Å²) in [6, 6.07) is 0. The molecule has 0 aliphatic rings. The van der Waals surface area contributed by atoms with Gasteiger partial charge in [0.1, 0.15) is 0 Å². The Bertz CT molecular complexity index is 181. The molecule has 0 radical (unpaired) electrons. The number of alkyl halides is 3. The minimum atomic E-state index is -4.11. The molecule has 0 aromatic heterocycles. The first-order valence-corrected chi connectivity index (χ1v) is 4.72. The maximum absolute atomic E-state index is 12.1. The van der Waals surface area contributed by atoms with Crippen molar-refractivity contribution in [1.29, 1.82) is 0 Å². The average Bonchev–Trinajstić information content (AvgIpc) is 2.02. The van der Waals surface area contributed by atoms with E-state index >= 15 is 0 Å². The van der Waals surface area contributed by atoms with Gasteiger partial charge in [0, 0.05) is 6.42 Å². The van der Waals surface area contributed by atoms with Crippen molar-refractivity contribution in [1.82, 2.24) is 4.90 Å². The fraction of sp³-hybridized carbons (Fsp3) is 0.800. The van der Waals surface area contributed by atoms with E-state index in [1.54, 1.807) is 0 Å². The van der Waals surface area contributed by atoms with Crippen molar-refractivity contribution < 1.29 is 13.2 Å². The van der Waals surface area contributed by atoms with E-state index in [-0.39, 0.29) is 0 Å². The molecule has 0 fully saturated rings. The van der Waals surface area contributed by atoms with Gasteiger partial charge in [0.2, 0.25) is 0 Å². The summed E-state index contributed by atoms with van der Waals surface area (Å²) in [5, 5.41) is 0. The smallest absolute Gasteiger partial charge is 0.295 e. The van der Waals surface area contributed by atoms with E-state index in [4.69, 9.17) is 6.42 Å². The Hall–Kier alpha value is -0.690. The summed E-state index contributed by atoms with van der Waals surface area (Å²) < 4.78 is 36.2. The first kappa shape index (κ1) is 13.3. The molecule has 0 bridgehead atoms. The van der Waals surface area contributed by atoms with Crippen molar-refractivity contribution in [3.05, 3.63) is 0 Å². The molecule has 0 aliphatic heterocycles. The molecule has 0 aromatic rings. The van der Waals surface area contributed by atoms with E-state index in [1.165, 1.54) is 4.90 Å². The van der Waals surface area contributed by atoms with Crippen LogP contribution in [0.4, 0.5) is 13.2 Å². The number of terminal acetylenes is 1. The molecular formula is C10H16F3N. The second-order valence-electron chi connectivity index (χ2n) is 3.20. The molecule has 4 heteroatoms. The van der Waals surface area contributed by atoms with Crippen LogP contribution in [0.25, 0.3) is 0 Å². The summed E-state index contributed by atoms with van der Waals surface area (Å²) in [4.78, 5) is 1.40. The molecule has 0 atom stereocenters. The molecule has 0 aromatic carbocycles. The van der Waals surface area contributed by atoms with Gasteiger partial charge >= 0.3 is 6.18 Å². The maximum Gasteiger partial charge on any atom is 0.401 e. The predicted molar refractivity (Wildman–Crippen MR) is 50.9 cm³/mol. The van der Waals surface area contributed by atoms with Gasteiger partial charge in [0.25, 0.3) is 0 Å². The van der Waals surface area contributed by atoms with Gasteiger partial charge in [0.15, 0.2) is 0 Å². The highest BCUT2D eigenvalue weighted by molar-refractivity contribution is 4.83. The third-order valence-corrected chi connectivity index (χ3v) is 1.74. The lowest BCUT2D eigenvalue weighted by atomic mass is 10.3. The molecule has 0 saturated carbocycles. The SMILES string of the molecule is C#CCCCN(CCC)CC(F)(F)F. The molecule has 0 amide bonds. The van der Waals surface area contributed by atoms with Crippen LogP contribution in [0, 0.1) is 12.3 Å². The fourth-order valence-electron chi connectivity index (χ4n) is 1.24. The zero-order valence-electron chi connectivity index (χ0n) is 8.40. The number of nitrogens with zero attached hydrogens (tertiary/aromatic N) is 1. The molecule has 1 nitrogen and oxygen atoms in total. The number of unbranched alkanes of at least 4 members (excludes halogenated alkanes) is 1. The van der Waals surface area contributed by atoms with Gasteiger partial charge in [-0.3, -0.25) is 4.90 Å². The summed E-state index contributed by atoms with van der Waals surface area (Å²) in [5.41, 5.74) is 0. The van der Waals surface area contributed by atoms with Crippen molar-refractivity contribution in [3.8, 4) is 12.3 Å². The van der Waals surface area contributed by atoms with E-state index in [1.807, 2.05) is 6.92 Å². The van der Waals surface area contributed by atoms with Gasteiger partial charge < -0.3 is 0 Å². The lowest BCUT2D eigenvalue weighted by Crippen LogP contribution is -2.35. The summed E-state index contributed by atoms with van der Waals surface area (Å²) in [6.45, 7) is 1.94. The topological polar surface area (TPSA) is 3.24 Å². The van der Waals surface area contributed by atoms with Crippen LogP contribution in [-0.4, -0.2) is 30.7 Å². The lowest BCUT2D eigenvalue weighted by Gasteiger charge is -2.22. The maximum atomic E-state index is 12.1. The molecule has 82 valence electrons. The predicted octanol–water partition coefficient (Wildman–Crippen LogP) is 2.67. The Balaban J connectivity index is 3.84. The van der Waals surface area contributed by atoms with Crippen LogP contribution in [0.1, 0.15) is 26.2 Å². The van der Waals surface area contributed by atoms with Crippen molar-refractivity contribution >= 4 is 0 Å². The Morgan fingerprint density at radius 1 is 1.29 bits per heavy atom. The van der Waals surface area contributed by atoms with Gasteiger partial charge in [0.05, 0.1) is 6.54 Å². The van der Waals surface area contributed by atoms with Crippen molar-refractivity contribution in [2.75, 3.05) is 19.6 Å². The van der Waals surface area contributed by atoms with Crippen LogP contribution in [0.2, 0.25) is 0 Å². The summed E-state index contributed by atoms with van der Waals surface area (Å²) >= 11 is 0. The number of hydrogen-bond acceptors (Lipinski definition) is 1. The fourth-order valence-corrected chi connectivity index (χ4v) is 1.24. The second-order valence-corrected chi connectivity index (χ2v) is 3.20. The molecule has 14 heavy (non-hydrogen) atoms. The summed E-state index contributed by atoms with van der Waals surface area (Å²) in [5.74, 6) is 2.42. The van der Waals surface area contributed by atoms with Gasteiger partial charge in [-0.2, -0.15) is 13.2 Å². The van der Waals surface area contributed by atoms with Crippen LogP contribution in [0.3, 0.4) is 0 Å². The lowest BCUT2D eigenvalue weighted by molar-refractivity contribution is -0.146. The first-order valence-electron chi connectivity index (χ1n) is 4.72. The third kappa shape index (κ3) is 7.93. The summed E-state index contributed by atoms with van der Waals surface area (Å²) in [7, 11) is 0. The minimum absolute atomic E-state index is 0.428. The van der Waals surface area contributed by atoms with E-state index in [0.717, 1.165) is 6.42 Å². The highest BCUT2D eigenvalue weighted by Crippen LogP contribution is 2.16. The molecule has 0 heterocycles. The number of rotatable bonds is 6.